The van der Waals surface area contributed by atoms with Crippen LogP contribution in [-0.2, 0) is 11.3 Å². The monoisotopic (exact) mass is 317 g/mol. The Bertz CT molecular complexity index is 325. The molecule has 1 saturated carbocycles. The van der Waals surface area contributed by atoms with E-state index in [2.05, 4.69) is 32.7 Å². The van der Waals surface area contributed by atoms with Crippen LogP contribution in [0.25, 0.3) is 0 Å². The van der Waals surface area contributed by atoms with Gasteiger partial charge in [0.15, 0.2) is 0 Å². The van der Waals surface area contributed by atoms with Crippen LogP contribution in [0, 0.1) is 5.92 Å². The molecule has 96 valence electrons. The van der Waals surface area contributed by atoms with Crippen LogP contribution in [0.1, 0.15) is 30.6 Å². The zero-order valence-electron chi connectivity index (χ0n) is 10.1. The summed E-state index contributed by atoms with van der Waals surface area (Å²) in [6, 6.07) is 2.16. The predicted octanol–water partition coefficient (Wildman–Crippen LogP) is 3.81. The Labute approximate surface area is 116 Å². The number of nitrogens with one attached hydrogen (secondary N) is 1. The molecule has 0 aromatic carbocycles. The first-order chi connectivity index (χ1) is 8.34. The molecule has 0 atom stereocenters. The highest BCUT2D eigenvalue weighted by Crippen LogP contribution is 2.29. The Balaban J connectivity index is 1.41. The van der Waals surface area contributed by atoms with Crippen molar-refractivity contribution in [1.82, 2.24) is 5.32 Å². The Morgan fingerprint density at radius 1 is 1.41 bits per heavy atom. The summed E-state index contributed by atoms with van der Waals surface area (Å²) in [6.07, 6.45) is 5.55. The van der Waals surface area contributed by atoms with Crippen molar-refractivity contribution in [3.8, 4) is 0 Å². The molecule has 1 N–H and O–H groups in total. The highest BCUT2D eigenvalue weighted by atomic mass is 79.9. The maximum Gasteiger partial charge on any atom is 0.0591 e. The van der Waals surface area contributed by atoms with Crippen molar-refractivity contribution >= 4 is 27.3 Å². The van der Waals surface area contributed by atoms with Gasteiger partial charge in [0.2, 0.25) is 0 Å². The van der Waals surface area contributed by atoms with Crippen molar-refractivity contribution < 1.29 is 4.74 Å². The number of hydrogen-bond acceptors (Lipinski definition) is 3. The van der Waals surface area contributed by atoms with Crippen molar-refractivity contribution in [2.24, 2.45) is 5.92 Å². The summed E-state index contributed by atoms with van der Waals surface area (Å²) in [5, 5.41) is 5.51. The molecule has 1 aromatic heterocycles. The van der Waals surface area contributed by atoms with Gasteiger partial charge in [0, 0.05) is 34.4 Å². The average Bonchev–Trinajstić information content (AvgIpc) is 2.65. The molecule has 1 aliphatic rings. The summed E-state index contributed by atoms with van der Waals surface area (Å²) >= 11 is 5.24. The Kier molecular flexibility index (Phi) is 5.98. The van der Waals surface area contributed by atoms with Gasteiger partial charge >= 0.3 is 0 Å². The number of thiophene rings is 1. The molecule has 1 heterocycles. The Morgan fingerprint density at radius 3 is 2.94 bits per heavy atom. The van der Waals surface area contributed by atoms with E-state index >= 15 is 0 Å². The summed E-state index contributed by atoms with van der Waals surface area (Å²) in [7, 11) is 0. The summed E-state index contributed by atoms with van der Waals surface area (Å²) in [4.78, 5) is 1.37. The van der Waals surface area contributed by atoms with Gasteiger partial charge in [-0.25, -0.2) is 0 Å². The summed E-state index contributed by atoms with van der Waals surface area (Å²) in [5.74, 6) is 0.964. The molecule has 0 bridgehead atoms. The second-order valence-electron chi connectivity index (χ2n) is 4.61. The molecule has 4 heteroatoms. The fraction of sp³-hybridized carbons (Fsp3) is 0.692. The van der Waals surface area contributed by atoms with Gasteiger partial charge in [-0.15, -0.1) is 11.3 Å². The van der Waals surface area contributed by atoms with Gasteiger partial charge in [0.1, 0.15) is 0 Å². The molecule has 0 unspecified atom stereocenters. The third-order valence-corrected chi connectivity index (χ3v) is 4.94. The second kappa shape index (κ2) is 7.52. The van der Waals surface area contributed by atoms with Gasteiger partial charge in [0.25, 0.3) is 0 Å². The molecule has 1 fully saturated rings. The fourth-order valence-electron chi connectivity index (χ4n) is 1.94. The topological polar surface area (TPSA) is 21.3 Å². The number of halogens is 1. The highest BCUT2D eigenvalue weighted by molar-refractivity contribution is 9.10. The van der Waals surface area contributed by atoms with Gasteiger partial charge in [-0.05, 0) is 34.3 Å². The highest BCUT2D eigenvalue weighted by Gasteiger charge is 2.16. The quantitative estimate of drug-likeness (QED) is 0.736. The van der Waals surface area contributed by atoms with Crippen LogP contribution in [0.15, 0.2) is 15.9 Å². The molecule has 0 radical (unpaired) electrons. The van der Waals surface area contributed by atoms with Crippen LogP contribution in [0.4, 0.5) is 0 Å². The van der Waals surface area contributed by atoms with E-state index in [1.807, 2.05) is 0 Å². The maximum absolute atomic E-state index is 5.61. The van der Waals surface area contributed by atoms with E-state index in [-0.39, 0.29) is 0 Å². The SMILES string of the molecule is Brc1csc(CNCCOCCC2CCC2)c1. The molecule has 0 spiro atoms. The van der Waals surface area contributed by atoms with Crippen LogP contribution >= 0.6 is 27.3 Å². The minimum atomic E-state index is 0.833. The second-order valence-corrected chi connectivity index (χ2v) is 6.52. The predicted molar refractivity (Wildman–Crippen MR) is 76.5 cm³/mol. The van der Waals surface area contributed by atoms with E-state index in [9.17, 15) is 0 Å². The van der Waals surface area contributed by atoms with Crippen LogP contribution in [-0.4, -0.2) is 19.8 Å². The number of rotatable bonds is 8. The Hall–Kier alpha value is 0.1000. The molecule has 2 nitrogen and oxygen atoms in total. The molecule has 1 aromatic rings. The molecule has 2 rings (SSSR count). The lowest BCUT2D eigenvalue weighted by Crippen LogP contribution is -2.20. The fourth-order valence-corrected chi connectivity index (χ4v) is 3.36. The van der Waals surface area contributed by atoms with E-state index in [0.29, 0.717) is 0 Å². The zero-order valence-corrected chi connectivity index (χ0v) is 12.5. The summed E-state index contributed by atoms with van der Waals surface area (Å²) in [6.45, 7) is 3.67. The van der Waals surface area contributed by atoms with Crippen molar-refractivity contribution in [2.75, 3.05) is 19.8 Å². The maximum atomic E-state index is 5.61. The first kappa shape index (κ1) is 13.5. The van der Waals surface area contributed by atoms with Gasteiger partial charge in [-0.1, -0.05) is 19.3 Å². The molecular weight excluding hydrogens is 298 g/mol. The van der Waals surface area contributed by atoms with Gasteiger partial charge in [0.05, 0.1) is 6.61 Å². The van der Waals surface area contributed by atoms with E-state index in [0.717, 1.165) is 32.2 Å². The van der Waals surface area contributed by atoms with E-state index in [4.69, 9.17) is 4.74 Å². The normalized spacial score (nSPS) is 16.1. The largest absolute Gasteiger partial charge is 0.380 e. The van der Waals surface area contributed by atoms with Gasteiger partial charge in [-0.2, -0.15) is 0 Å². The third kappa shape index (κ3) is 5.08. The van der Waals surface area contributed by atoms with Crippen molar-refractivity contribution in [2.45, 2.75) is 32.2 Å². The lowest BCUT2D eigenvalue weighted by Gasteiger charge is -2.24. The van der Waals surface area contributed by atoms with Crippen molar-refractivity contribution in [3.63, 3.8) is 0 Å². The standard InChI is InChI=1S/C13H20BrNOS/c14-12-8-13(17-10-12)9-15-5-7-16-6-4-11-2-1-3-11/h8,10-11,15H,1-7,9H2. The third-order valence-electron chi connectivity index (χ3n) is 3.24. The minimum Gasteiger partial charge on any atom is -0.380 e. The smallest absolute Gasteiger partial charge is 0.0591 e. The van der Waals surface area contributed by atoms with Crippen LogP contribution in [0.3, 0.4) is 0 Å². The summed E-state index contributed by atoms with van der Waals surface area (Å²) in [5.41, 5.74) is 0. The first-order valence-corrected chi connectivity index (χ1v) is 8.03. The summed E-state index contributed by atoms with van der Waals surface area (Å²) < 4.78 is 6.79. The minimum absolute atomic E-state index is 0.833. The lowest BCUT2D eigenvalue weighted by molar-refractivity contribution is 0.108. The van der Waals surface area contributed by atoms with Gasteiger partial charge < -0.3 is 10.1 Å². The molecule has 0 aliphatic heterocycles. The zero-order chi connectivity index (χ0) is 11.9. The van der Waals surface area contributed by atoms with Crippen molar-refractivity contribution in [3.05, 3.63) is 20.8 Å². The van der Waals surface area contributed by atoms with Crippen LogP contribution in [0.2, 0.25) is 0 Å². The lowest BCUT2D eigenvalue weighted by atomic mass is 9.83. The molecule has 0 saturated heterocycles. The molecule has 17 heavy (non-hydrogen) atoms. The van der Waals surface area contributed by atoms with Crippen molar-refractivity contribution in [1.29, 1.82) is 0 Å². The van der Waals surface area contributed by atoms with Crippen LogP contribution < -0.4 is 5.32 Å². The molecular formula is C13H20BrNOS. The molecule has 1 aliphatic carbocycles. The average molecular weight is 318 g/mol. The number of ether oxygens (including phenoxy) is 1. The van der Waals surface area contributed by atoms with Crippen LogP contribution in [0.5, 0.6) is 0 Å². The first-order valence-electron chi connectivity index (χ1n) is 6.36. The van der Waals surface area contributed by atoms with Gasteiger partial charge in [-0.3, -0.25) is 0 Å². The van der Waals surface area contributed by atoms with E-state index in [1.165, 1.54) is 35.0 Å². The number of hydrogen-bond donors (Lipinski definition) is 1. The molecule has 0 amide bonds. The Morgan fingerprint density at radius 2 is 2.29 bits per heavy atom. The van der Waals surface area contributed by atoms with E-state index in [1.54, 1.807) is 11.3 Å². The van der Waals surface area contributed by atoms with E-state index < -0.39 is 0 Å².